The van der Waals surface area contributed by atoms with Crippen LogP contribution in [0.4, 0.5) is 16.5 Å². The highest BCUT2D eigenvalue weighted by Crippen LogP contribution is 2.25. The molecule has 0 aliphatic carbocycles. The van der Waals surface area contributed by atoms with Gasteiger partial charge in [0.05, 0.1) is 17.1 Å². The van der Waals surface area contributed by atoms with E-state index in [0.29, 0.717) is 22.9 Å². The van der Waals surface area contributed by atoms with Crippen LogP contribution in [0.3, 0.4) is 0 Å². The summed E-state index contributed by atoms with van der Waals surface area (Å²) in [5.41, 5.74) is 4.96. The molecule has 0 bridgehead atoms. The van der Waals surface area contributed by atoms with Gasteiger partial charge in [0, 0.05) is 24.4 Å². The molecule has 2 aromatic carbocycles. The summed E-state index contributed by atoms with van der Waals surface area (Å²) >= 11 is 1.37. The van der Waals surface area contributed by atoms with Gasteiger partial charge in [0.1, 0.15) is 0 Å². The van der Waals surface area contributed by atoms with Crippen molar-refractivity contribution in [3.05, 3.63) is 70.2 Å². The smallest absolute Gasteiger partial charge is 0.257 e. The maximum Gasteiger partial charge on any atom is 0.257 e. The van der Waals surface area contributed by atoms with Crippen LogP contribution in [0.25, 0.3) is 0 Å². The van der Waals surface area contributed by atoms with Crippen molar-refractivity contribution in [3.8, 4) is 0 Å². The van der Waals surface area contributed by atoms with Gasteiger partial charge in [-0.05, 0) is 43.2 Å². The standard InChI is InChI=1S/C21H22N4O2S/c1-13-6-4-5-7-17(13)11-22-18-9-8-16(10-19(18)24-15(3)26)20(27)25-21-23-14(2)12-28-21/h4-10,12,22H,11H2,1-3H3,(H,24,26)(H,23,25,27). The van der Waals surface area contributed by atoms with Gasteiger partial charge in [0.15, 0.2) is 5.13 Å². The lowest BCUT2D eigenvalue weighted by Gasteiger charge is -2.15. The topological polar surface area (TPSA) is 83.1 Å². The molecule has 144 valence electrons. The van der Waals surface area contributed by atoms with E-state index in [4.69, 9.17) is 0 Å². The summed E-state index contributed by atoms with van der Waals surface area (Å²) in [7, 11) is 0. The number of aromatic nitrogens is 1. The van der Waals surface area contributed by atoms with Crippen molar-refractivity contribution in [2.24, 2.45) is 0 Å². The summed E-state index contributed by atoms with van der Waals surface area (Å²) in [6.07, 6.45) is 0. The second-order valence-electron chi connectivity index (χ2n) is 6.47. The molecule has 3 N–H and O–H groups in total. The van der Waals surface area contributed by atoms with Crippen LogP contribution in [0.1, 0.15) is 34.1 Å². The number of hydrogen-bond donors (Lipinski definition) is 3. The monoisotopic (exact) mass is 394 g/mol. The Bertz CT molecular complexity index is 1010. The van der Waals surface area contributed by atoms with E-state index in [0.717, 1.165) is 16.9 Å². The van der Waals surface area contributed by atoms with Gasteiger partial charge in [-0.2, -0.15) is 0 Å². The lowest BCUT2D eigenvalue weighted by atomic mass is 10.1. The Morgan fingerprint density at radius 1 is 1.04 bits per heavy atom. The molecule has 28 heavy (non-hydrogen) atoms. The number of amides is 2. The van der Waals surface area contributed by atoms with E-state index in [2.05, 4.69) is 40.0 Å². The zero-order valence-corrected chi connectivity index (χ0v) is 16.8. The Labute approximate surface area is 168 Å². The number of benzene rings is 2. The summed E-state index contributed by atoms with van der Waals surface area (Å²) in [5.74, 6) is -0.474. The molecule has 0 unspecified atom stereocenters. The first kappa shape index (κ1) is 19.6. The van der Waals surface area contributed by atoms with Gasteiger partial charge in [-0.3, -0.25) is 14.9 Å². The summed E-state index contributed by atoms with van der Waals surface area (Å²) in [6, 6.07) is 13.3. The van der Waals surface area contributed by atoms with Crippen LogP contribution in [0.15, 0.2) is 47.8 Å². The number of carbonyl (C=O) groups is 2. The molecule has 7 heteroatoms. The van der Waals surface area contributed by atoms with Crippen molar-refractivity contribution in [3.63, 3.8) is 0 Å². The minimum Gasteiger partial charge on any atom is -0.379 e. The third-order valence-corrected chi connectivity index (χ3v) is 5.04. The van der Waals surface area contributed by atoms with Crippen LogP contribution < -0.4 is 16.0 Å². The molecule has 0 radical (unpaired) electrons. The first-order valence-corrected chi connectivity index (χ1v) is 9.74. The third kappa shape index (κ3) is 4.95. The van der Waals surface area contributed by atoms with Crippen molar-refractivity contribution in [1.82, 2.24) is 4.98 Å². The Hall–Kier alpha value is -3.19. The largest absolute Gasteiger partial charge is 0.379 e. The fraction of sp³-hybridized carbons (Fsp3) is 0.190. The lowest BCUT2D eigenvalue weighted by molar-refractivity contribution is -0.114. The van der Waals surface area contributed by atoms with Gasteiger partial charge in [-0.25, -0.2) is 4.98 Å². The van der Waals surface area contributed by atoms with E-state index in [-0.39, 0.29) is 11.8 Å². The minimum absolute atomic E-state index is 0.202. The SMILES string of the molecule is CC(=O)Nc1cc(C(=O)Nc2nc(C)cs2)ccc1NCc1ccccc1C. The van der Waals surface area contributed by atoms with Crippen LogP contribution in [0, 0.1) is 13.8 Å². The minimum atomic E-state index is -0.272. The highest BCUT2D eigenvalue weighted by Gasteiger charge is 2.13. The predicted molar refractivity (Wildman–Crippen MR) is 114 cm³/mol. The highest BCUT2D eigenvalue weighted by atomic mass is 32.1. The molecular weight excluding hydrogens is 372 g/mol. The Kier molecular flexibility index (Phi) is 6.06. The molecule has 0 saturated heterocycles. The molecule has 3 aromatic rings. The van der Waals surface area contributed by atoms with Gasteiger partial charge in [0.25, 0.3) is 5.91 Å². The van der Waals surface area contributed by atoms with Crippen LogP contribution in [-0.4, -0.2) is 16.8 Å². The zero-order valence-electron chi connectivity index (χ0n) is 16.0. The molecule has 0 fully saturated rings. The van der Waals surface area contributed by atoms with E-state index < -0.39 is 0 Å². The molecule has 0 aliphatic rings. The Balaban J connectivity index is 1.79. The van der Waals surface area contributed by atoms with Crippen LogP contribution in [-0.2, 0) is 11.3 Å². The van der Waals surface area contributed by atoms with E-state index in [1.54, 1.807) is 18.2 Å². The van der Waals surface area contributed by atoms with Crippen LogP contribution >= 0.6 is 11.3 Å². The number of anilines is 3. The second-order valence-corrected chi connectivity index (χ2v) is 7.33. The number of thiazole rings is 1. The normalized spacial score (nSPS) is 10.4. The predicted octanol–water partition coefficient (Wildman–Crippen LogP) is 4.58. The third-order valence-electron chi connectivity index (χ3n) is 4.16. The van der Waals surface area contributed by atoms with Gasteiger partial charge in [-0.1, -0.05) is 24.3 Å². The average molecular weight is 395 g/mol. The van der Waals surface area contributed by atoms with Gasteiger partial charge in [0.2, 0.25) is 5.91 Å². The fourth-order valence-corrected chi connectivity index (χ4v) is 3.40. The molecule has 2 amide bonds. The zero-order chi connectivity index (χ0) is 20.1. The van der Waals surface area contributed by atoms with Crippen molar-refractivity contribution < 1.29 is 9.59 Å². The molecule has 0 spiro atoms. The number of nitrogens with one attached hydrogen (secondary N) is 3. The number of rotatable bonds is 6. The number of aryl methyl sites for hydroxylation is 2. The lowest BCUT2D eigenvalue weighted by Crippen LogP contribution is -2.14. The molecule has 0 aliphatic heterocycles. The summed E-state index contributed by atoms with van der Waals surface area (Å²) in [6.45, 7) is 5.98. The maximum atomic E-state index is 12.5. The molecule has 3 rings (SSSR count). The highest BCUT2D eigenvalue weighted by molar-refractivity contribution is 7.13. The Morgan fingerprint density at radius 2 is 1.82 bits per heavy atom. The van der Waals surface area contributed by atoms with Crippen molar-refractivity contribution >= 4 is 39.7 Å². The second kappa shape index (κ2) is 8.67. The molecular formula is C21H22N4O2S. The summed E-state index contributed by atoms with van der Waals surface area (Å²) in [4.78, 5) is 28.4. The van der Waals surface area contributed by atoms with E-state index in [1.165, 1.54) is 23.8 Å². The van der Waals surface area contributed by atoms with Crippen LogP contribution in [0.2, 0.25) is 0 Å². The number of carbonyl (C=O) groups excluding carboxylic acids is 2. The molecule has 0 saturated carbocycles. The first-order chi connectivity index (χ1) is 13.4. The molecule has 1 aromatic heterocycles. The van der Waals surface area contributed by atoms with Gasteiger partial charge in [-0.15, -0.1) is 11.3 Å². The first-order valence-electron chi connectivity index (χ1n) is 8.86. The molecule has 0 atom stereocenters. The van der Waals surface area contributed by atoms with E-state index in [1.807, 2.05) is 24.4 Å². The summed E-state index contributed by atoms with van der Waals surface area (Å²) in [5, 5.41) is 11.3. The maximum absolute atomic E-state index is 12.5. The fourth-order valence-electron chi connectivity index (χ4n) is 2.71. The van der Waals surface area contributed by atoms with Gasteiger partial charge < -0.3 is 10.6 Å². The summed E-state index contributed by atoms with van der Waals surface area (Å²) < 4.78 is 0. The quantitative estimate of drug-likeness (QED) is 0.571. The average Bonchev–Trinajstić information content (AvgIpc) is 3.06. The molecule has 6 nitrogen and oxygen atoms in total. The van der Waals surface area contributed by atoms with E-state index >= 15 is 0 Å². The van der Waals surface area contributed by atoms with Crippen molar-refractivity contribution in [1.29, 1.82) is 0 Å². The van der Waals surface area contributed by atoms with Crippen molar-refractivity contribution in [2.75, 3.05) is 16.0 Å². The van der Waals surface area contributed by atoms with Crippen LogP contribution in [0.5, 0.6) is 0 Å². The number of nitrogens with zero attached hydrogens (tertiary/aromatic N) is 1. The number of hydrogen-bond acceptors (Lipinski definition) is 5. The Morgan fingerprint density at radius 3 is 2.50 bits per heavy atom. The van der Waals surface area contributed by atoms with Crippen molar-refractivity contribution in [2.45, 2.75) is 27.3 Å². The van der Waals surface area contributed by atoms with E-state index in [9.17, 15) is 9.59 Å². The molecule has 1 heterocycles. The van der Waals surface area contributed by atoms with Gasteiger partial charge >= 0.3 is 0 Å².